The Morgan fingerprint density at radius 2 is 2.04 bits per heavy atom. The van der Waals surface area contributed by atoms with Crippen molar-refractivity contribution in [2.45, 2.75) is 50.6 Å². The van der Waals surface area contributed by atoms with Crippen molar-refractivity contribution in [2.24, 2.45) is 4.99 Å². The summed E-state index contributed by atoms with van der Waals surface area (Å²) >= 11 is 1.89. The Kier molecular flexibility index (Phi) is 3.71. The van der Waals surface area contributed by atoms with Crippen molar-refractivity contribution in [3.05, 3.63) is 54.1 Å². The number of amidine groups is 1. The van der Waals surface area contributed by atoms with Crippen molar-refractivity contribution < 1.29 is 0 Å². The Morgan fingerprint density at radius 1 is 1.21 bits per heavy atom. The maximum atomic E-state index is 5.03. The predicted octanol–water partition coefficient (Wildman–Crippen LogP) is 4.23. The van der Waals surface area contributed by atoms with E-state index in [-0.39, 0.29) is 17.6 Å². The Labute approximate surface area is 148 Å². The van der Waals surface area contributed by atoms with E-state index in [1.807, 2.05) is 24.0 Å². The van der Waals surface area contributed by atoms with Crippen LogP contribution in [0.5, 0.6) is 0 Å². The normalized spacial score (nSPS) is 26.6. The Balaban J connectivity index is 1.74. The molecule has 2 aliphatic rings. The molecule has 3 atom stereocenters. The molecule has 0 spiro atoms. The SMILES string of the molecule is C[C@H]1CN2C(=N[C@H](c3ccccn3)[C@@H]2c2ccn(C(C)(C)C)c2)S1. The molecule has 4 nitrogen and oxygen atoms in total. The Bertz CT molecular complexity index is 759. The molecular weight excluding hydrogens is 316 g/mol. The summed E-state index contributed by atoms with van der Waals surface area (Å²) < 4.78 is 2.29. The van der Waals surface area contributed by atoms with Crippen LogP contribution in [0.2, 0.25) is 0 Å². The number of aliphatic imine (C=N–C) groups is 1. The topological polar surface area (TPSA) is 33.4 Å². The van der Waals surface area contributed by atoms with Crippen LogP contribution in [-0.4, -0.2) is 31.4 Å². The first-order valence-corrected chi connectivity index (χ1v) is 9.42. The summed E-state index contributed by atoms with van der Waals surface area (Å²) in [6, 6.07) is 8.69. The minimum absolute atomic E-state index is 0.0806. The highest BCUT2D eigenvalue weighted by Crippen LogP contribution is 2.47. The number of aromatic nitrogens is 2. The van der Waals surface area contributed by atoms with Gasteiger partial charge in [0.2, 0.25) is 0 Å². The van der Waals surface area contributed by atoms with Crippen LogP contribution < -0.4 is 0 Å². The van der Waals surface area contributed by atoms with Crippen LogP contribution in [-0.2, 0) is 5.54 Å². The molecule has 2 aromatic heterocycles. The van der Waals surface area contributed by atoms with Gasteiger partial charge >= 0.3 is 0 Å². The van der Waals surface area contributed by atoms with Gasteiger partial charge < -0.3 is 9.47 Å². The van der Waals surface area contributed by atoms with Crippen molar-refractivity contribution in [3.8, 4) is 0 Å². The van der Waals surface area contributed by atoms with Crippen LogP contribution >= 0.6 is 11.8 Å². The molecule has 0 amide bonds. The van der Waals surface area contributed by atoms with Crippen LogP contribution in [0.4, 0.5) is 0 Å². The van der Waals surface area contributed by atoms with Crippen LogP contribution in [0.3, 0.4) is 0 Å². The van der Waals surface area contributed by atoms with Gasteiger partial charge in [0, 0.05) is 35.9 Å². The van der Waals surface area contributed by atoms with E-state index in [4.69, 9.17) is 4.99 Å². The molecule has 0 aromatic carbocycles. The second-order valence-corrected chi connectivity index (χ2v) is 9.07. The molecule has 126 valence electrons. The molecule has 1 saturated heterocycles. The van der Waals surface area contributed by atoms with Gasteiger partial charge in [0.1, 0.15) is 6.04 Å². The zero-order valence-corrected chi connectivity index (χ0v) is 15.5. The maximum absolute atomic E-state index is 5.03. The highest BCUT2D eigenvalue weighted by Gasteiger charge is 2.43. The number of nitrogens with zero attached hydrogens (tertiary/aromatic N) is 4. The molecule has 0 unspecified atom stereocenters. The third kappa shape index (κ3) is 2.65. The number of hydrogen-bond acceptors (Lipinski definition) is 4. The summed E-state index contributed by atoms with van der Waals surface area (Å²) in [6.07, 6.45) is 6.34. The lowest BCUT2D eigenvalue weighted by Gasteiger charge is -2.27. The van der Waals surface area contributed by atoms with Gasteiger partial charge in [0.15, 0.2) is 5.17 Å². The lowest BCUT2D eigenvalue weighted by Crippen LogP contribution is -2.28. The van der Waals surface area contributed by atoms with E-state index >= 15 is 0 Å². The zero-order chi connectivity index (χ0) is 16.9. The molecule has 5 heteroatoms. The minimum atomic E-state index is 0.0806. The highest BCUT2D eigenvalue weighted by molar-refractivity contribution is 8.14. The molecule has 2 aliphatic heterocycles. The molecule has 1 fully saturated rings. The number of hydrogen-bond donors (Lipinski definition) is 0. The van der Waals surface area contributed by atoms with Gasteiger partial charge in [-0.15, -0.1) is 0 Å². The number of thioether (sulfide) groups is 1. The summed E-state index contributed by atoms with van der Waals surface area (Å²) in [5, 5.41) is 1.77. The van der Waals surface area contributed by atoms with Crippen LogP contribution in [0.1, 0.15) is 51.0 Å². The summed E-state index contributed by atoms with van der Waals surface area (Å²) in [7, 11) is 0. The van der Waals surface area contributed by atoms with E-state index in [2.05, 4.69) is 72.7 Å². The second-order valence-electron chi connectivity index (χ2n) is 7.66. The van der Waals surface area contributed by atoms with Crippen molar-refractivity contribution in [2.75, 3.05) is 6.54 Å². The molecule has 0 saturated carbocycles. The average Bonchev–Trinajstić information content (AvgIpc) is 3.20. The van der Waals surface area contributed by atoms with Crippen molar-refractivity contribution >= 4 is 16.9 Å². The van der Waals surface area contributed by atoms with Crippen molar-refractivity contribution in [1.82, 2.24) is 14.5 Å². The van der Waals surface area contributed by atoms with E-state index < -0.39 is 0 Å². The zero-order valence-electron chi connectivity index (χ0n) is 14.7. The monoisotopic (exact) mass is 340 g/mol. The fourth-order valence-corrected chi connectivity index (χ4v) is 4.58. The third-order valence-corrected chi connectivity index (χ3v) is 5.82. The molecule has 0 aliphatic carbocycles. The van der Waals surface area contributed by atoms with E-state index in [9.17, 15) is 0 Å². The minimum Gasteiger partial charge on any atom is -0.349 e. The second kappa shape index (κ2) is 5.66. The first-order chi connectivity index (χ1) is 11.4. The smallest absolute Gasteiger partial charge is 0.160 e. The van der Waals surface area contributed by atoms with Gasteiger partial charge in [0.25, 0.3) is 0 Å². The standard InChI is InChI=1S/C19H24N4S/c1-13-11-23-17(14-8-10-22(12-14)19(2,3)4)16(21-18(23)24-13)15-7-5-6-9-20-15/h5-10,12-13,16-17H,11H2,1-4H3/t13-,16+,17-/m0/s1. The van der Waals surface area contributed by atoms with Crippen LogP contribution in [0.15, 0.2) is 47.8 Å². The molecule has 24 heavy (non-hydrogen) atoms. The van der Waals surface area contributed by atoms with Gasteiger partial charge in [-0.1, -0.05) is 24.8 Å². The Hall–Kier alpha value is -1.75. The molecule has 0 radical (unpaired) electrons. The van der Waals surface area contributed by atoms with Crippen molar-refractivity contribution in [3.63, 3.8) is 0 Å². The Morgan fingerprint density at radius 3 is 2.71 bits per heavy atom. The van der Waals surface area contributed by atoms with E-state index in [0.29, 0.717) is 5.25 Å². The maximum Gasteiger partial charge on any atom is 0.160 e. The summed E-state index contributed by atoms with van der Waals surface area (Å²) in [5.41, 5.74) is 2.48. The summed E-state index contributed by atoms with van der Waals surface area (Å²) in [4.78, 5) is 12.1. The van der Waals surface area contributed by atoms with Crippen molar-refractivity contribution in [1.29, 1.82) is 0 Å². The summed E-state index contributed by atoms with van der Waals surface area (Å²) in [5.74, 6) is 0. The fourth-order valence-electron chi connectivity index (χ4n) is 3.48. The van der Waals surface area contributed by atoms with Gasteiger partial charge in [0.05, 0.1) is 11.7 Å². The fraction of sp³-hybridized carbons (Fsp3) is 0.474. The highest BCUT2D eigenvalue weighted by atomic mass is 32.2. The molecule has 0 bridgehead atoms. The first-order valence-electron chi connectivity index (χ1n) is 8.54. The molecule has 4 heterocycles. The van der Waals surface area contributed by atoms with Gasteiger partial charge in [-0.05, 0) is 44.5 Å². The number of rotatable bonds is 2. The van der Waals surface area contributed by atoms with E-state index in [1.165, 1.54) is 10.7 Å². The third-order valence-electron chi connectivity index (χ3n) is 4.71. The summed E-state index contributed by atoms with van der Waals surface area (Å²) in [6.45, 7) is 10.0. The van der Waals surface area contributed by atoms with Crippen LogP contribution in [0, 0.1) is 0 Å². The average molecular weight is 340 g/mol. The number of pyridine rings is 1. The van der Waals surface area contributed by atoms with E-state index in [0.717, 1.165) is 12.2 Å². The molecular formula is C19H24N4S. The van der Waals surface area contributed by atoms with Gasteiger partial charge in [-0.2, -0.15) is 0 Å². The molecule has 0 N–H and O–H groups in total. The van der Waals surface area contributed by atoms with Crippen LogP contribution in [0.25, 0.3) is 0 Å². The van der Waals surface area contributed by atoms with Gasteiger partial charge in [-0.3, -0.25) is 9.98 Å². The van der Waals surface area contributed by atoms with Gasteiger partial charge in [-0.25, -0.2) is 0 Å². The quantitative estimate of drug-likeness (QED) is 0.820. The largest absolute Gasteiger partial charge is 0.349 e. The number of fused-ring (bicyclic) bond motifs is 1. The first kappa shape index (κ1) is 15.8. The molecule has 2 aromatic rings. The predicted molar refractivity (Wildman–Crippen MR) is 100 cm³/mol. The lowest BCUT2D eigenvalue weighted by molar-refractivity contribution is 0.319. The molecule has 4 rings (SSSR count). The lowest BCUT2D eigenvalue weighted by atomic mass is 9.98. The van der Waals surface area contributed by atoms with E-state index in [1.54, 1.807) is 0 Å².